The molecule has 0 bridgehead atoms. The Hall–Kier alpha value is -4.01. The Morgan fingerprint density at radius 2 is 1.87 bits per heavy atom. The summed E-state index contributed by atoms with van der Waals surface area (Å²) in [6.45, 7) is 2.03. The van der Waals surface area contributed by atoms with Crippen LogP contribution < -0.4 is 9.64 Å². The second-order valence-corrected chi connectivity index (χ2v) is 10.3. The number of amides is 1. The van der Waals surface area contributed by atoms with Gasteiger partial charge in [0.2, 0.25) is 11.9 Å². The number of rotatable bonds is 8. The van der Waals surface area contributed by atoms with Gasteiger partial charge in [-0.1, -0.05) is 36.8 Å². The molecule has 2 aromatic carbocycles. The summed E-state index contributed by atoms with van der Waals surface area (Å²) in [5, 5.41) is 9.71. The number of aromatic carboxylic acids is 1. The number of carboxylic acids is 1. The van der Waals surface area contributed by atoms with Crippen LogP contribution in [0.5, 0.6) is 5.75 Å². The maximum Gasteiger partial charge on any atom is 0.339 e. The first-order valence-electron chi connectivity index (χ1n) is 13.4. The molecular weight excluding hydrogens is 499 g/mol. The van der Waals surface area contributed by atoms with Crippen molar-refractivity contribution in [3.8, 4) is 5.75 Å². The normalized spacial score (nSPS) is 18.9. The zero-order valence-electron chi connectivity index (χ0n) is 22.1. The van der Waals surface area contributed by atoms with E-state index in [1.165, 1.54) is 18.3 Å². The fourth-order valence-electron chi connectivity index (χ4n) is 5.77. The molecule has 0 spiro atoms. The van der Waals surface area contributed by atoms with E-state index in [0.29, 0.717) is 55.8 Å². The molecule has 3 heterocycles. The van der Waals surface area contributed by atoms with Crippen LogP contribution in [-0.2, 0) is 24.1 Å². The van der Waals surface area contributed by atoms with Gasteiger partial charge in [0, 0.05) is 31.4 Å². The van der Waals surface area contributed by atoms with Crippen LogP contribution in [0.3, 0.4) is 0 Å². The molecule has 0 radical (unpaired) electrons. The van der Waals surface area contributed by atoms with E-state index in [9.17, 15) is 19.1 Å². The Labute approximate surface area is 227 Å². The van der Waals surface area contributed by atoms with Crippen molar-refractivity contribution in [2.75, 3.05) is 31.6 Å². The molecule has 0 unspecified atom stereocenters. The van der Waals surface area contributed by atoms with Crippen molar-refractivity contribution in [3.05, 3.63) is 82.9 Å². The lowest BCUT2D eigenvalue weighted by Crippen LogP contribution is -2.45. The van der Waals surface area contributed by atoms with Gasteiger partial charge in [-0.2, -0.15) is 0 Å². The zero-order valence-corrected chi connectivity index (χ0v) is 22.1. The summed E-state index contributed by atoms with van der Waals surface area (Å²) < 4.78 is 18.7. The third-order valence-corrected chi connectivity index (χ3v) is 7.82. The summed E-state index contributed by atoms with van der Waals surface area (Å²) in [6, 6.07) is 13.8. The molecule has 1 amide bonds. The highest BCUT2D eigenvalue weighted by atomic mass is 19.1. The van der Waals surface area contributed by atoms with Gasteiger partial charge >= 0.3 is 5.97 Å². The van der Waals surface area contributed by atoms with Gasteiger partial charge in [-0.15, -0.1) is 0 Å². The minimum absolute atomic E-state index is 0.0418. The van der Waals surface area contributed by atoms with Gasteiger partial charge < -0.3 is 19.6 Å². The Morgan fingerprint density at radius 1 is 1.08 bits per heavy atom. The van der Waals surface area contributed by atoms with E-state index >= 15 is 0 Å². The first-order chi connectivity index (χ1) is 18.9. The van der Waals surface area contributed by atoms with Crippen molar-refractivity contribution in [1.29, 1.82) is 0 Å². The van der Waals surface area contributed by atoms with E-state index in [2.05, 4.69) is 9.88 Å². The summed E-state index contributed by atoms with van der Waals surface area (Å²) >= 11 is 0. The number of carboxylic acid groups (broad SMARTS) is 1. The minimum Gasteiger partial charge on any atom is -0.496 e. The van der Waals surface area contributed by atoms with Crippen molar-refractivity contribution < 1.29 is 23.8 Å². The molecule has 0 saturated carbocycles. The summed E-state index contributed by atoms with van der Waals surface area (Å²) in [4.78, 5) is 38.6. The quantitative estimate of drug-likeness (QED) is 0.465. The molecule has 3 aromatic rings. The van der Waals surface area contributed by atoms with Crippen LogP contribution in [0.4, 0.5) is 10.3 Å². The van der Waals surface area contributed by atoms with E-state index in [0.717, 1.165) is 30.4 Å². The van der Waals surface area contributed by atoms with E-state index in [4.69, 9.17) is 9.72 Å². The first-order valence-corrected chi connectivity index (χ1v) is 13.4. The Balaban J connectivity index is 1.34. The van der Waals surface area contributed by atoms with E-state index in [1.54, 1.807) is 19.2 Å². The molecule has 39 heavy (non-hydrogen) atoms. The largest absolute Gasteiger partial charge is 0.496 e. The summed E-state index contributed by atoms with van der Waals surface area (Å²) in [5.41, 5.74) is 2.30. The smallest absolute Gasteiger partial charge is 0.339 e. The van der Waals surface area contributed by atoms with Crippen molar-refractivity contribution >= 4 is 17.8 Å². The van der Waals surface area contributed by atoms with Crippen molar-refractivity contribution in [2.24, 2.45) is 5.92 Å². The Morgan fingerprint density at radius 3 is 2.64 bits per heavy atom. The highest BCUT2D eigenvalue weighted by Gasteiger charge is 2.40. The predicted octanol–water partition coefficient (Wildman–Crippen LogP) is 4.17. The number of anilines is 1. The van der Waals surface area contributed by atoms with Gasteiger partial charge in [0.05, 0.1) is 30.8 Å². The fourth-order valence-corrected chi connectivity index (χ4v) is 5.77. The highest BCUT2D eigenvalue weighted by molar-refractivity contribution is 5.88. The monoisotopic (exact) mass is 532 g/mol. The Kier molecular flexibility index (Phi) is 8.05. The number of para-hydroxylation sites is 1. The molecule has 2 fully saturated rings. The number of aryl methyl sites for hydroxylation is 2. The number of ether oxygens (including phenoxy) is 1. The number of benzene rings is 2. The summed E-state index contributed by atoms with van der Waals surface area (Å²) in [6.07, 6.45) is 5.63. The number of carbonyl (C=O) groups is 2. The SMILES string of the molecule is COc1ccccc1CC(=O)N1CCCC[C@H]2CN(c3ncc(C(=O)O)c(CCc4ccc(F)cc4)n3)C[C@@H]21. The lowest BCUT2D eigenvalue weighted by Gasteiger charge is -2.30. The maximum absolute atomic E-state index is 13.5. The summed E-state index contributed by atoms with van der Waals surface area (Å²) in [7, 11) is 1.61. The van der Waals surface area contributed by atoms with Crippen LogP contribution in [0.15, 0.2) is 54.7 Å². The average molecular weight is 533 g/mol. The first kappa shape index (κ1) is 26.6. The lowest BCUT2D eigenvalue weighted by molar-refractivity contribution is -0.132. The number of hydrogen-bond donors (Lipinski definition) is 1. The van der Waals surface area contributed by atoms with Crippen LogP contribution in [-0.4, -0.2) is 64.6 Å². The number of fused-ring (bicyclic) bond motifs is 1. The number of aromatic nitrogens is 2. The molecule has 1 aromatic heterocycles. The van der Waals surface area contributed by atoms with Gasteiger partial charge in [-0.25, -0.2) is 19.2 Å². The standard InChI is InChI=1S/C30H33FN4O4/c1-39-27-8-3-2-6-21(27)16-28(36)35-15-5-4-7-22-18-34(19-26(22)35)30-32-17-24(29(37)38)25(33-30)14-11-20-9-12-23(31)13-10-20/h2-3,6,8-10,12-13,17,22,26H,4-5,7,11,14-16,18-19H2,1H3,(H,37,38)/t22-,26-/m0/s1. The van der Waals surface area contributed by atoms with Crippen LogP contribution >= 0.6 is 0 Å². The van der Waals surface area contributed by atoms with Crippen LogP contribution in [0.25, 0.3) is 0 Å². The predicted molar refractivity (Wildman–Crippen MR) is 145 cm³/mol. The van der Waals surface area contributed by atoms with E-state index in [-0.39, 0.29) is 29.8 Å². The Bertz CT molecular complexity index is 1330. The molecule has 1 N–H and O–H groups in total. The zero-order chi connectivity index (χ0) is 27.4. The summed E-state index contributed by atoms with van der Waals surface area (Å²) in [5.74, 6) is 0.191. The van der Waals surface area contributed by atoms with Crippen molar-refractivity contribution in [1.82, 2.24) is 14.9 Å². The minimum atomic E-state index is -1.07. The molecule has 2 atom stereocenters. The number of carbonyl (C=O) groups excluding carboxylic acids is 1. The third kappa shape index (κ3) is 6.02. The van der Waals surface area contributed by atoms with E-state index in [1.807, 2.05) is 29.2 Å². The maximum atomic E-state index is 13.5. The lowest BCUT2D eigenvalue weighted by atomic mass is 9.98. The number of methoxy groups -OCH3 is 1. The highest BCUT2D eigenvalue weighted by Crippen LogP contribution is 2.33. The number of halogens is 1. The number of hydrogen-bond acceptors (Lipinski definition) is 6. The topological polar surface area (TPSA) is 95.9 Å². The van der Waals surface area contributed by atoms with Gasteiger partial charge in [0.1, 0.15) is 11.6 Å². The number of likely N-dealkylation sites (tertiary alicyclic amines) is 1. The molecular formula is C30H33FN4O4. The molecule has 5 rings (SSSR count). The second-order valence-electron chi connectivity index (χ2n) is 10.3. The van der Waals surface area contributed by atoms with Crippen LogP contribution in [0, 0.1) is 11.7 Å². The average Bonchev–Trinajstić information content (AvgIpc) is 3.26. The van der Waals surface area contributed by atoms with Gasteiger partial charge in [0.15, 0.2) is 0 Å². The molecule has 2 aliphatic heterocycles. The molecule has 2 saturated heterocycles. The number of nitrogens with zero attached hydrogens (tertiary/aromatic N) is 4. The molecule has 8 nitrogen and oxygen atoms in total. The van der Waals surface area contributed by atoms with E-state index < -0.39 is 5.97 Å². The van der Waals surface area contributed by atoms with Crippen LogP contribution in [0.1, 0.15) is 46.4 Å². The van der Waals surface area contributed by atoms with Gasteiger partial charge in [-0.3, -0.25) is 4.79 Å². The van der Waals surface area contributed by atoms with Gasteiger partial charge in [-0.05, 0) is 55.4 Å². The molecule has 0 aliphatic carbocycles. The van der Waals surface area contributed by atoms with Gasteiger partial charge in [0.25, 0.3) is 0 Å². The van der Waals surface area contributed by atoms with Crippen molar-refractivity contribution in [3.63, 3.8) is 0 Å². The molecule has 204 valence electrons. The fraction of sp³-hybridized carbons (Fsp3) is 0.400. The second kappa shape index (κ2) is 11.8. The van der Waals surface area contributed by atoms with Crippen LogP contribution in [0.2, 0.25) is 0 Å². The van der Waals surface area contributed by atoms with Crippen molar-refractivity contribution in [2.45, 2.75) is 44.6 Å². The third-order valence-electron chi connectivity index (χ3n) is 7.82. The molecule has 9 heteroatoms. The molecule has 2 aliphatic rings.